The smallest absolute Gasteiger partial charge is 0.417 e. The molecule has 31 heavy (non-hydrogen) atoms. The minimum Gasteiger partial charge on any atom is -0.439 e. The number of alkyl halides is 3. The molecule has 10 heteroatoms. The van der Waals surface area contributed by atoms with Crippen molar-refractivity contribution in [2.24, 2.45) is 0 Å². The van der Waals surface area contributed by atoms with E-state index in [1.165, 1.54) is 4.90 Å². The summed E-state index contributed by atoms with van der Waals surface area (Å²) in [6, 6.07) is 10.2. The highest BCUT2D eigenvalue weighted by molar-refractivity contribution is 5.97. The van der Waals surface area contributed by atoms with E-state index < -0.39 is 11.7 Å². The fourth-order valence-electron chi connectivity index (χ4n) is 3.16. The fourth-order valence-corrected chi connectivity index (χ4v) is 3.16. The van der Waals surface area contributed by atoms with E-state index in [1.54, 1.807) is 30.3 Å². The Morgan fingerprint density at radius 2 is 1.97 bits per heavy atom. The van der Waals surface area contributed by atoms with Crippen molar-refractivity contribution in [3.8, 4) is 11.6 Å². The number of aromatic nitrogens is 2. The van der Waals surface area contributed by atoms with Gasteiger partial charge in [-0.3, -0.25) is 9.59 Å². The number of nitrogens with one attached hydrogen (secondary N) is 1. The van der Waals surface area contributed by atoms with Crippen molar-refractivity contribution in [1.82, 2.24) is 20.2 Å². The second-order valence-corrected chi connectivity index (χ2v) is 6.97. The van der Waals surface area contributed by atoms with Crippen molar-refractivity contribution in [2.45, 2.75) is 12.6 Å². The summed E-state index contributed by atoms with van der Waals surface area (Å²) < 4.78 is 43.4. The normalized spacial score (nSPS) is 14.8. The molecule has 0 aliphatic carbocycles. The summed E-state index contributed by atoms with van der Waals surface area (Å²) in [5.41, 5.74) is -0.0974. The molecule has 2 aromatic heterocycles. The van der Waals surface area contributed by atoms with Gasteiger partial charge in [0.05, 0.1) is 17.6 Å². The van der Waals surface area contributed by atoms with Crippen LogP contribution in [0, 0.1) is 0 Å². The third-order valence-electron chi connectivity index (χ3n) is 4.71. The van der Waals surface area contributed by atoms with Crippen LogP contribution in [0.2, 0.25) is 0 Å². The van der Waals surface area contributed by atoms with Crippen molar-refractivity contribution in [1.29, 1.82) is 0 Å². The molecule has 0 spiro atoms. The Morgan fingerprint density at radius 3 is 2.71 bits per heavy atom. The van der Waals surface area contributed by atoms with E-state index >= 15 is 0 Å². The highest BCUT2D eigenvalue weighted by atomic mass is 19.4. The first-order valence-electron chi connectivity index (χ1n) is 9.47. The predicted octanol–water partition coefficient (Wildman–Crippen LogP) is 3.40. The van der Waals surface area contributed by atoms with E-state index in [4.69, 9.17) is 4.74 Å². The number of nitrogens with zero attached hydrogens (tertiary/aromatic N) is 3. The van der Waals surface area contributed by atoms with Crippen LogP contribution in [-0.4, -0.2) is 46.3 Å². The lowest BCUT2D eigenvalue weighted by atomic mass is 10.2. The molecular weight excluding hydrogens is 413 g/mol. The van der Waals surface area contributed by atoms with E-state index in [-0.39, 0.29) is 29.9 Å². The van der Waals surface area contributed by atoms with Crippen molar-refractivity contribution >= 4 is 22.7 Å². The molecule has 0 radical (unpaired) electrons. The molecule has 0 atom stereocenters. The molecule has 4 rings (SSSR count). The van der Waals surface area contributed by atoms with Crippen LogP contribution in [-0.2, 0) is 11.0 Å². The summed E-state index contributed by atoms with van der Waals surface area (Å²) in [4.78, 5) is 33.9. The third kappa shape index (κ3) is 4.73. The van der Waals surface area contributed by atoms with Gasteiger partial charge in [-0.25, -0.2) is 9.97 Å². The van der Waals surface area contributed by atoms with Crippen LogP contribution < -0.4 is 10.1 Å². The number of amides is 2. The van der Waals surface area contributed by atoms with Gasteiger partial charge in [-0.15, -0.1) is 0 Å². The number of halogens is 3. The second kappa shape index (κ2) is 8.21. The maximum atomic E-state index is 12.7. The summed E-state index contributed by atoms with van der Waals surface area (Å²) in [5, 5.41) is 3.39. The number of pyridine rings is 2. The molecule has 1 aliphatic rings. The molecular formula is C21H17F3N4O3. The summed E-state index contributed by atoms with van der Waals surface area (Å²) in [7, 11) is 0. The number of carbonyl (C=O) groups is 2. The quantitative estimate of drug-likeness (QED) is 0.689. The molecule has 1 aromatic carbocycles. The van der Waals surface area contributed by atoms with E-state index in [9.17, 15) is 22.8 Å². The number of hydrogen-bond donors (Lipinski definition) is 1. The summed E-state index contributed by atoms with van der Waals surface area (Å²) >= 11 is 0. The second-order valence-electron chi connectivity index (χ2n) is 6.97. The lowest BCUT2D eigenvalue weighted by Crippen LogP contribution is -2.37. The first kappa shape index (κ1) is 20.6. The number of hydrogen-bond acceptors (Lipinski definition) is 5. The van der Waals surface area contributed by atoms with Crippen LogP contribution in [0.15, 0.2) is 48.7 Å². The van der Waals surface area contributed by atoms with Crippen LogP contribution in [0.1, 0.15) is 22.5 Å². The molecule has 2 amide bonds. The van der Waals surface area contributed by atoms with Crippen LogP contribution >= 0.6 is 0 Å². The van der Waals surface area contributed by atoms with E-state index in [2.05, 4.69) is 15.3 Å². The highest BCUT2D eigenvalue weighted by Crippen LogP contribution is 2.30. The molecule has 7 nitrogen and oxygen atoms in total. The topological polar surface area (TPSA) is 84.4 Å². The molecule has 1 saturated heterocycles. The zero-order chi connectivity index (χ0) is 22.0. The zero-order valence-electron chi connectivity index (χ0n) is 16.1. The van der Waals surface area contributed by atoms with Crippen molar-refractivity contribution in [3.63, 3.8) is 0 Å². The molecule has 0 saturated carbocycles. The van der Waals surface area contributed by atoms with Crippen molar-refractivity contribution in [2.75, 3.05) is 19.6 Å². The van der Waals surface area contributed by atoms with Gasteiger partial charge >= 0.3 is 6.18 Å². The first-order valence-corrected chi connectivity index (χ1v) is 9.47. The molecule has 1 fully saturated rings. The van der Waals surface area contributed by atoms with Gasteiger partial charge < -0.3 is 15.0 Å². The Labute approximate surface area is 174 Å². The van der Waals surface area contributed by atoms with Crippen LogP contribution in [0.4, 0.5) is 13.2 Å². The molecule has 0 bridgehead atoms. The minimum atomic E-state index is -4.47. The molecule has 160 valence electrons. The van der Waals surface area contributed by atoms with Gasteiger partial charge in [0.2, 0.25) is 11.8 Å². The van der Waals surface area contributed by atoms with Gasteiger partial charge in [-0.2, -0.15) is 13.2 Å². The predicted molar refractivity (Wildman–Crippen MR) is 105 cm³/mol. The first-order chi connectivity index (χ1) is 14.8. The Morgan fingerprint density at radius 1 is 1.13 bits per heavy atom. The third-order valence-corrected chi connectivity index (χ3v) is 4.71. The van der Waals surface area contributed by atoms with E-state index in [0.29, 0.717) is 42.4 Å². The van der Waals surface area contributed by atoms with E-state index in [1.807, 2.05) is 0 Å². The van der Waals surface area contributed by atoms with Crippen LogP contribution in [0.5, 0.6) is 11.6 Å². The highest BCUT2D eigenvalue weighted by Gasteiger charge is 2.30. The van der Waals surface area contributed by atoms with E-state index in [0.717, 1.165) is 12.1 Å². The lowest BCUT2D eigenvalue weighted by molar-refractivity contribution is -0.137. The monoisotopic (exact) mass is 430 g/mol. The SMILES string of the molecule is O=C1CN(C(=O)c2ccc3cc(Oc4ccc(C(F)(F)F)cn4)ccc3n2)CCCN1. The summed E-state index contributed by atoms with van der Waals surface area (Å²) in [6.07, 6.45) is -3.09. The van der Waals surface area contributed by atoms with Gasteiger partial charge in [0.25, 0.3) is 5.91 Å². The maximum Gasteiger partial charge on any atom is 0.417 e. The maximum absolute atomic E-state index is 12.7. The standard InChI is InChI=1S/C21H17F3N4O3/c22-21(23,24)14-3-7-19(26-11-14)31-15-4-6-16-13(10-15)2-5-17(27-16)20(30)28-9-1-8-25-18(29)12-28/h2-7,10-11H,1,8-9,12H2,(H,25,29). The van der Waals surface area contributed by atoms with Gasteiger partial charge in [0.1, 0.15) is 11.4 Å². The Bertz CT molecular complexity index is 1130. The molecule has 1 N–H and O–H groups in total. The van der Waals surface area contributed by atoms with Gasteiger partial charge in [-0.05, 0) is 36.8 Å². The van der Waals surface area contributed by atoms with Crippen molar-refractivity contribution in [3.05, 3.63) is 59.9 Å². The zero-order valence-corrected chi connectivity index (χ0v) is 16.1. The minimum absolute atomic E-state index is 0.00848. The number of benzene rings is 1. The summed E-state index contributed by atoms with van der Waals surface area (Å²) in [5.74, 6) is -0.144. The number of ether oxygens (including phenoxy) is 1. The Kier molecular flexibility index (Phi) is 5.45. The number of fused-ring (bicyclic) bond motifs is 1. The van der Waals surface area contributed by atoms with Crippen molar-refractivity contribution < 1.29 is 27.5 Å². The van der Waals surface area contributed by atoms with Gasteiger partial charge in [0, 0.05) is 30.7 Å². The molecule has 0 unspecified atom stereocenters. The largest absolute Gasteiger partial charge is 0.439 e. The number of rotatable bonds is 3. The Balaban J connectivity index is 1.51. The molecule has 3 heterocycles. The average molecular weight is 430 g/mol. The number of carbonyl (C=O) groups excluding carboxylic acids is 2. The summed E-state index contributed by atoms with van der Waals surface area (Å²) in [6.45, 7) is 0.986. The molecule has 3 aromatic rings. The fraction of sp³-hybridized carbons (Fsp3) is 0.238. The lowest BCUT2D eigenvalue weighted by Gasteiger charge is -2.18. The Hall–Kier alpha value is -3.69. The molecule has 1 aliphatic heterocycles. The van der Waals surface area contributed by atoms with Gasteiger partial charge in [-0.1, -0.05) is 6.07 Å². The van der Waals surface area contributed by atoms with Crippen LogP contribution in [0.25, 0.3) is 10.9 Å². The van der Waals surface area contributed by atoms with Gasteiger partial charge in [0.15, 0.2) is 0 Å². The average Bonchev–Trinajstić information content (AvgIpc) is 2.97. The van der Waals surface area contributed by atoms with Crippen LogP contribution in [0.3, 0.4) is 0 Å².